The molecule has 0 saturated carbocycles. The van der Waals surface area contributed by atoms with Gasteiger partial charge in [-0.05, 0) is 50.0 Å². The van der Waals surface area contributed by atoms with E-state index in [-0.39, 0.29) is 18.3 Å². The maximum atomic E-state index is 12.9. The number of likely N-dealkylation sites (N-methyl/N-ethyl adjacent to an activating group) is 1. The second kappa shape index (κ2) is 6.95. The van der Waals surface area contributed by atoms with E-state index in [1.54, 1.807) is 6.07 Å². The van der Waals surface area contributed by atoms with Gasteiger partial charge in [0.2, 0.25) is 0 Å². The van der Waals surface area contributed by atoms with Crippen molar-refractivity contribution in [3.8, 4) is 5.75 Å². The quantitative estimate of drug-likeness (QED) is 0.870. The number of nitrogens with zero attached hydrogens (tertiary/aromatic N) is 1. The van der Waals surface area contributed by atoms with Gasteiger partial charge in [0.1, 0.15) is 12.4 Å². The SMILES string of the molecule is CN(C(=O)C1=Cc2cc(Cl)ccc2OC1)C1CC2CCC(C1)N2.Cl. The molecule has 2 unspecified atom stereocenters. The average molecular weight is 369 g/mol. The number of hydrogen-bond donors (Lipinski definition) is 1. The Morgan fingerprint density at radius 1 is 1.29 bits per heavy atom. The van der Waals surface area contributed by atoms with Gasteiger partial charge in [0.05, 0.1) is 5.57 Å². The van der Waals surface area contributed by atoms with E-state index < -0.39 is 0 Å². The van der Waals surface area contributed by atoms with E-state index in [1.165, 1.54) is 12.8 Å². The van der Waals surface area contributed by atoms with E-state index in [4.69, 9.17) is 16.3 Å². The fourth-order valence-electron chi connectivity index (χ4n) is 4.01. The molecule has 3 aliphatic rings. The number of rotatable bonds is 2. The van der Waals surface area contributed by atoms with Crippen molar-refractivity contribution in [2.45, 2.75) is 43.8 Å². The zero-order valence-electron chi connectivity index (χ0n) is 13.6. The molecule has 1 amide bonds. The van der Waals surface area contributed by atoms with Crippen LogP contribution in [0.15, 0.2) is 23.8 Å². The predicted octanol–water partition coefficient (Wildman–Crippen LogP) is 3.28. The molecule has 2 saturated heterocycles. The Labute approximate surface area is 153 Å². The lowest BCUT2D eigenvalue weighted by atomic mass is 9.97. The molecule has 1 aromatic rings. The number of amides is 1. The summed E-state index contributed by atoms with van der Waals surface area (Å²) in [6.45, 7) is 0.329. The van der Waals surface area contributed by atoms with Crippen molar-refractivity contribution >= 4 is 36.0 Å². The van der Waals surface area contributed by atoms with E-state index in [9.17, 15) is 4.79 Å². The third-order valence-electron chi connectivity index (χ3n) is 5.28. The highest BCUT2D eigenvalue weighted by Crippen LogP contribution is 2.32. The van der Waals surface area contributed by atoms with Crippen LogP contribution in [0.3, 0.4) is 0 Å². The summed E-state index contributed by atoms with van der Waals surface area (Å²) in [6, 6.07) is 6.97. The van der Waals surface area contributed by atoms with Crippen molar-refractivity contribution in [2.24, 2.45) is 0 Å². The third-order valence-corrected chi connectivity index (χ3v) is 5.51. The van der Waals surface area contributed by atoms with Gasteiger partial charge >= 0.3 is 0 Å². The number of nitrogens with one attached hydrogen (secondary N) is 1. The lowest BCUT2D eigenvalue weighted by Gasteiger charge is -2.36. The molecule has 4 nitrogen and oxygen atoms in total. The molecule has 3 aliphatic heterocycles. The fourth-order valence-corrected chi connectivity index (χ4v) is 4.19. The second-order valence-corrected chi connectivity index (χ2v) is 7.26. The largest absolute Gasteiger partial charge is 0.488 e. The lowest BCUT2D eigenvalue weighted by Crippen LogP contribution is -2.49. The topological polar surface area (TPSA) is 41.6 Å². The summed E-state index contributed by atoms with van der Waals surface area (Å²) in [6.07, 6.45) is 6.49. The molecule has 0 aromatic heterocycles. The summed E-state index contributed by atoms with van der Waals surface area (Å²) in [4.78, 5) is 14.8. The van der Waals surface area contributed by atoms with Crippen LogP contribution in [0.4, 0.5) is 0 Å². The molecular formula is C18H22Cl2N2O2. The van der Waals surface area contributed by atoms with E-state index in [0.717, 1.165) is 24.2 Å². The Kier molecular flexibility index (Phi) is 5.09. The van der Waals surface area contributed by atoms with Crippen LogP contribution in [-0.2, 0) is 4.79 Å². The summed E-state index contributed by atoms with van der Waals surface area (Å²) in [5, 5.41) is 4.27. The van der Waals surface area contributed by atoms with Crippen LogP contribution in [0.2, 0.25) is 5.02 Å². The van der Waals surface area contributed by atoms with Crippen molar-refractivity contribution < 1.29 is 9.53 Å². The molecule has 4 rings (SSSR count). The number of ether oxygens (including phenoxy) is 1. The first kappa shape index (κ1) is 17.6. The van der Waals surface area contributed by atoms with Gasteiger partial charge in [0, 0.05) is 35.8 Å². The Hall–Kier alpha value is -1.23. The van der Waals surface area contributed by atoms with Gasteiger partial charge in [0.25, 0.3) is 5.91 Å². The first-order chi connectivity index (χ1) is 11.1. The van der Waals surface area contributed by atoms with Gasteiger partial charge in [-0.2, -0.15) is 0 Å². The summed E-state index contributed by atoms with van der Waals surface area (Å²) in [7, 11) is 1.92. The third kappa shape index (κ3) is 3.28. The number of piperidine rings is 1. The molecule has 6 heteroatoms. The van der Waals surface area contributed by atoms with Crippen LogP contribution >= 0.6 is 24.0 Å². The van der Waals surface area contributed by atoms with E-state index in [0.29, 0.717) is 35.3 Å². The molecule has 0 spiro atoms. The molecule has 2 bridgehead atoms. The van der Waals surface area contributed by atoms with Crippen molar-refractivity contribution in [3.05, 3.63) is 34.4 Å². The molecule has 3 heterocycles. The molecule has 1 N–H and O–H groups in total. The normalized spacial score (nSPS) is 27.4. The van der Waals surface area contributed by atoms with E-state index >= 15 is 0 Å². The number of benzene rings is 1. The monoisotopic (exact) mass is 368 g/mol. The van der Waals surface area contributed by atoms with Crippen molar-refractivity contribution in [2.75, 3.05) is 13.7 Å². The Morgan fingerprint density at radius 3 is 2.71 bits per heavy atom. The van der Waals surface area contributed by atoms with Gasteiger partial charge < -0.3 is 15.0 Å². The minimum Gasteiger partial charge on any atom is -0.488 e. The Morgan fingerprint density at radius 2 is 2.00 bits per heavy atom. The highest BCUT2D eigenvalue weighted by Gasteiger charge is 2.37. The van der Waals surface area contributed by atoms with Gasteiger partial charge in [-0.25, -0.2) is 0 Å². The van der Waals surface area contributed by atoms with Gasteiger partial charge in [-0.15, -0.1) is 12.4 Å². The van der Waals surface area contributed by atoms with Crippen molar-refractivity contribution in [1.82, 2.24) is 10.2 Å². The van der Waals surface area contributed by atoms with E-state index in [2.05, 4.69) is 5.32 Å². The van der Waals surface area contributed by atoms with Crippen LogP contribution in [0.25, 0.3) is 6.08 Å². The van der Waals surface area contributed by atoms with Crippen LogP contribution in [0, 0.1) is 0 Å². The highest BCUT2D eigenvalue weighted by atomic mass is 35.5. The molecular weight excluding hydrogens is 347 g/mol. The molecule has 2 atom stereocenters. The maximum absolute atomic E-state index is 12.9. The second-order valence-electron chi connectivity index (χ2n) is 6.82. The number of halogens is 2. The first-order valence-electron chi connectivity index (χ1n) is 8.26. The number of fused-ring (bicyclic) bond motifs is 3. The van der Waals surface area contributed by atoms with Crippen LogP contribution < -0.4 is 10.1 Å². The van der Waals surface area contributed by atoms with Gasteiger partial charge in [-0.3, -0.25) is 4.79 Å². The molecule has 0 radical (unpaired) electrons. The standard InChI is InChI=1S/C18H21ClN2O2.ClH/c1-21(16-8-14-3-4-15(9-16)20-14)18(22)12-6-11-7-13(19)2-5-17(11)23-10-12;/h2,5-7,14-16,20H,3-4,8-10H2,1H3;1H. The van der Waals surface area contributed by atoms with Crippen molar-refractivity contribution in [1.29, 1.82) is 0 Å². The first-order valence-corrected chi connectivity index (χ1v) is 8.64. The number of carbonyl (C=O) groups is 1. The van der Waals surface area contributed by atoms with Gasteiger partial charge in [0.15, 0.2) is 0 Å². The lowest BCUT2D eigenvalue weighted by molar-refractivity contribution is -0.128. The van der Waals surface area contributed by atoms with Crippen LogP contribution in [0.1, 0.15) is 31.2 Å². The molecule has 0 aliphatic carbocycles. The minimum absolute atomic E-state index is 0. The zero-order chi connectivity index (χ0) is 16.0. The van der Waals surface area contributed by atoms with Crippen LogP contribution in [0.5, 0.6) is 5.75 Å². The van der Waals surface area contributed by atoms with E-state index in [1.807, 2.05) is 30.2 Å². The molecule has 24 heavy (non-hydrogen) atoms. The Balaban J connectivity index is 0.00000169. The summed E-state index contributed by atoms with van der Waals surface area (Å²) >= 11 is 6.04. The number of hydrogen-bond acceptors (Lipinski definition) is 3. The smallest absolute Gasteiger partial charge is 0.253 e. The molecule has 130 valence electrons. The molecule has 2 fully saturated rings. The minimum atomic E-state index is 0. The highest BCUT2D eigenvalue weighted by molar-refractivity contribution is 6.30. The summed E-state index contributed by atoms with van der Waals surface area (Å²) in [5.41, 5.74) is 1.58. The Bertz CT molecular complexity index is 665. The summed E-state index contributed by atoms with van der Waals surface area (Å²) < 4.78 is 5.72. The number of carbonyl (C=O) groups excluding carboxylic acids is 1. The average Bonchev–Trinajstić information content (AvgIpc) is 2.90. The van der Waals surface area contributed by atoms with Gasteiger partial charge in [-0.1, -0.05) is 11.6 Å². The zero-order valence-corrected chi connectivity index (χ0v) is 15.2. The summed E-state index contributed by atoms with van der Waals surface area (Å²) in [5.74, 6) is 0.857. The van der Waals surface area contributed by atoms with Crippen LogP contribution in [-0.4, -0.2) is 42.6 Å². The maximum Gasteiger partial charge on any atom is 0.253 e. The fraction of sp³-hybridized carbons (Fsp3) is 0.500. The predicted molar refractivity (Wildman–Crippen MR) is 97.9 cm³/mol. The van der Waals surface area contributed by atoms with Crippen molar-refractivity contribution in [3.63, 3.8) is 0 Å². The molecule has 1 aromatic carbocycles.